The molecule has 0 amide bonds. The Kier molecular flexibility index (Phi) is 4.33. The van der Waals surface area contributed by atoms with Gasteiger partial charge in [0.25, 0.3) is 0 Å². The second-order valence-electron chi connectivity index (χ2n) is 5.05. The summed E-state index contributed by atoms with van der Waals surface area (Å²) in [5, 5.41) is 19.2. The molecule has 1 rings (SSSR count). The maximum atomic E-state index is 11.0. The van der Waals surface area contributed by atoms with Crippen LogP contribution in [0.2, 0.25) is 0 Å². The molecule has 4 heteroatoms. The SMILES string of the molecule is CCC(O)(CC)CN1C[C@@H](C)[C@H](C(=O)O)C1. The number of aliphatic carboxylic acids is 1. The molecule has 0 saturated carbocycles. The smallest absolute Gasteiger partial charge is 0.308 e. The lowest BCUT2D eigenvalue weighted by molar-refractivity contribution is -0.142. The zero-order valence-corrected chi connectivity index (χ0v) is 10.4. The quantitative estimate of drug-likeness (QED) is 0.743. The minimum atomic E-state index is -0.716. The Labute approximate surface area is 97.3 Å². The van der Waals surface area contributed by atoms with Gasteiger partial charge in [0.2, 0.25) is 0 Å². The third-order valence-electron chi connectivity index (χ3n) is 3.84. The number of hydrogen-bond donors (Lipinski definition) is 2. The van der Waals surface area contributed by atoms with Crippen LogP contribution in [0, 0.1) is 11.8 Å². The average molecular weight is 229 g/mol. The van der Waals surface area contributed by atoms with Crippen molar-refractivity contribution < 1.29 is 15.0 Å². The number of carboxylic acid groups (broad SMARTS) is 1. The summed E-state index contributed by atoms with van der Waals surface area (Å²) in [4.78, 5) is 13.1. The maximum absolute atomic E-state index is 11.0. The Morgan fingerprint density at radius 1 is 1.38 bits per heavy atom. The molecule has 0 aliphatic carbocycles. The van der Waals surface area contributed by atoms with Gasteiger partial charge in [0, 0.05) is 19.6 Å². The van der Waals surface area contributed by atoms with Crippen molar-refractivity contribution in [3.63, 3.8) is 0 Å². The first kappa shape index (κ1) is 13.5. The Bertz CT molecular complexity index is 251. The van der Waals surface area contributed by atoms with Crippen molar-refractivity contribution in [2.75, 3.05) is 19.6 Å². The molecule has 16 heavy (non-hydrogen) atoms. The third-order valence-corrected chi connectivity index (χ3v) is 3.84. The fraction of sp³-hybridized carbons (Fsp3) is 0.917. The van der Waals surface area contributed by atoms with Crippen LogP contribution in [0.3, 0.4) is 0 Å². The highest BCUT2D eigenvalue weighted by molar-refractivity contribution is 5.71. The second kappa shape index (κ2) is 5.15. The molecular formula is C12H23NO3. The van der Waals surface area contributed by atoms with Gasteiger partial charge in [0.15, 0.2) is 0 Å². The monoisotopic (exact) mass is 229 g/mol. The normalized spacial score (nSPS) is 27.2. The lowest BCUT2D eigenvalue weighted by Crippen LogP contribution is -2.41. The fourth-order valence-electron chi connectivity index (χ4n) is 2.41. The van der Waals surface area contributed by atoms with Crippen molar-refractivity contribution in [2.45, 2.75) is 39.2 Å². The number of likely N-dealkylation sites (tertiary alicyclic amines) is 1. The highest BCUT2D eigenvalue weighted by atomic mass is 16.4. The molecule has 2 atom stereocenters. The second-order valence-corrected chi connectivity index (χ2v) is 5.05. The van der Waals surface area contributed by atoms with Crippen molar-refractivity contribution in [1.82, 2.24) is 4.90 Å². The van der Waals surface area contributed by atoms with Crippen LogP contribution < -0.4 is 0 Å². The van der Waals surface area contributed by atoms with Gasteiger partial charge in [-0.15, -0.1) is 0 Å². The van der Waals surface area contributed by atoms with Gasteiger partial charge in [-0.05, 0) is 18.8 Å². The highest BCUT2D eigenvalue weighted by Gasteiger charge is 2.37. The molecule has 1 aliphatic rings. The maximum Gasteiger partial charge on any atom is 0.308 e. The molecule has 94 valence electrons. The van der Waals surface area contributed by atoms with E-state index in [4.69, 9.17) is 5.11 Å². The molecule has 2 N–H and O–H groups in total. The van der Waals surface area contributed by atoms with Gasteiger partial charge in [-0.25, -0.2) is 0 Å². The molecule has 0 spiro atoms. The Balaban J connectivity index is 2.56. The van der Waals surface area contributed by atoms with Crippen LogP contribution in [0.1, 0.15) is 33.6 Å². The summed E-state index contributed by atoms with van der Waals surface area (Å²) in [5.41, 5.74) is -0.660. The largest absolute Gasteiger partial charge is 0.481 e. The number of hydrogen-bond acceptors (Lipinski definition) is 3. The Morgan fingerprint density at radius 3 is 2.31 bits per heavy atom. The van der Waals surface area contributed by atoms with Crippen LogP contribution >= 0.6 is 0 Å². The molecule has 0 aromatic rings. The van der Waals surface area contributed by atoms with Gasteiger partial charge in [0.1, 0.15) is 0 Å². The van der Waals surface area contributed by atoms with Crippen LogP contribution in [0.5, 0.6) is 0 Å². The van der Waals surface area contributed by atoms with E-state index in [1.807, 2.05) is 20.8 Å². The van der Waals surface area contributed by atoms with E-state index >= 15 is 0 Å². The fourth-order valence-corrected chi connectivity index (χ4v) is 2.41. The van der Waals surface area contributed by atoms with Gasteiger partial charge in [-0.1, -0.05) is 20.8 Å². The molecule has 1 heterocycles. The van der Waals surface area contributed by atoms with Crippen molar-refractivity contribution in [3.8, 4) is 0 Å². The molecule has 1 saturated heterocycles. The van der Waals surface area contributed by atoms with Crippen LogP contribution in [0.15, 0.2) is 0 Å². The number of nitrogens with zero attached hydrogens (tertiary/aromatic N) is 1. The summed E-state index contributed by atoms with van der Waals surface area (Å²) in [6.07, 6.45) is 1.43. The summed E-state index contributed by atoms with van der Waals surface area (Å²) in [6, 6.07) is 0. The molecular weight excluding hydrogens is 206 g/mol. The van der Waals surface area contributed by atoms with E-state index in [1.54, 1.807) is 0 Å². The number of carboxylic acids is 1. The van der Waals surface area contributed by atoms with Crippen LogP contribution in [0.4, 0.5) is 0 Å². The molecule has 1 fully saturated rings. The van der Waals surface area contributed by atoms with Crippen LogP contribution in [-0.4, -0.2) is 46.3 Å². The first-order valence-electron chi connectivity index (χ1n) is 6.09. The predicted octanol–water partition coefficient (Wildman–Crippen LogP) is 1.19. The van der Waals surface area contributed by atoms with Crippen molar-refractivity contribution >= 4 is 5.97 Å². The van der Waals surface area contributed by atoms with Crippen LogP contribution in [0.25, 0.3) is 0 Å². The van der Waals surface area contributed by atoms with Gasteiger partial charge in [-0.2, -0.15) is 0 Å². The molecule has 1 aliphatic heterocycles. The van der Waals surface area contributed by atoms with E-state index in [9.17, 15) is 9.90 Å². The minimum absolute atomic E-state index is 0.176. The van der Waals surface area contributed by atoms with E-state index < -0.39 is 11.6 Å². The first-order valence-corrected chi connectivity index (χ1v) is 6.09. The van der Waals surface area contributed by atoms with Gasteiger partial charge in [0.05, 0.1) is 11.5 Å². The zero-order valence-electron chi connectivity index (χ0n) is 10.4. The summed E-state index contributed by atoms with van der Waals surface area (Å²) in [6.45, 7) is 7.84. The van der Waals surface area contributed by atoms with E-state index in [2.05, 4.69) is 4.90 Å². The molecule has 4 nitrogen and oxygen atoms in total. The minimum Gasteiger partial charge on any atom is -0.481 e. The highest BCUT2D eigenvalue weighted by Crippen LogP contribution is 2.26. The van der Waals surface area contributed by atoms with E-state index in [0.717, 1.165) is 6.54 Å². The summed E-state index contributed by atoms with van der Waals surface area (Å²) in [5.74, 6) is -0.819. The van der Waals surface area contributed by atoms with Gasteiger partial charge < -0.3 is 10.2 Å². The number of rotatable bonds is 5. The molecule has 0 aromatic heterocycles. The summed E-state index contributed by atoms with van der Waals surface area (Å²) in [7, 11) is 0. The summed E-state index contributed by atoms with van der Waals surface area (Å²) < 4.78 is 0. The molecule has 0 aromatic carbocycles. The lowest BCUT2D eigenvalue weighted by Gasteiger charge is -2.30. The number of carbonyl (C=O) groups is 1. The number of aliphatic hydroxyl groups is 1. The van der Waals surface area contributed by atoms with Gasteiger partial charge in [-0.3, -0.25) is 9.69 Å². The number of β-amino-alcohol motifs (C(OH)–C–C–N with tert-alkyl or cyclic N) is 1. The van der Waals surface area contributed by atoms with E-state index in [-0.39, 0.29) is 11.8 Å². The summed E-state index contributed by atoms with van der Waals surface area (Å²) >= 11 is 0. The lowest BCUT2D eigenvalue weighted by atomic mass is 9.97. The molecule has 0 bridgehead atoms. The predicted molar refractivity (Wildman–Crippen MR) is 62.3 cm³/mol. The molecule has 0 radical (unpaired) electrons. The van der Waals surface area contributed by atoms with Crippen molar-refractivity contribution in [3.05, 3.63) is 0 Å². The van der Waals surface area contributed by atoms with Gasteiger partial charge >= 0.3 is 5.97 Å². The van der Waals surface area contributed by atoms with Crippen molar-refractivity contribution in [1.29, 1.82) is 0 Å². The third kappa shape index (κ3) is 2.95. The Hall–Kier alpha value is -0.610. The average Bonchev–Trinajstić information content (AvgIpc) is 2.59. The first-order chi connectivity index (χ1) is 7.41. The van der Waals surface area contributed by atoms with E-state index in [0.29, 0.717) is 25.9 Å². The topological polar surface area (TPSA) is 60.8 Å². The zero-order chi connectivity index (χ0) is 12.3. The van der Waals surface area contributed by atoms with Crippen molar-refractivity contribution in [2.24, 2.45) is 11.8 Å². The van der Waals surface area contributed by atoms with E-state index in [1.165, 1.54) is 0 Å². The molecule has 0 unspecified atom stereocenters. The standard InChI is InChI=1S/C12H23NO3/c1-4-12(16,5-2)8-13-6-9(3)10(7-13)11(14)15/h9-10,16H,4-8H2,1-3H3,(H,14,15)/t9-,10-/m1/s1. The van der Waals surface area contributed by atoms with Crippen LogP contribution in [-0.2, 0) is 4.79 Å². The Morgan fingerprint density at radius 2 is 1.94 bits per heavy atom.